The minimum Gasteiger partial charge on any atom is -0.504 e. The van der Waals surface area contributed by atoms with Crippen LogP contribution in [0.4, 0.5) is 0 Å². The van der Waals surface area contributed by atoms with Gasteiger partial charge in [-0.2, -0.15) is 0 Å². The van der Waals surface area contributed by atoms with Crippen molar-refractivity contribution >= 4 is 12.1 Å². The highest BCUT2D eigenvalue weighted by Gasteiger charge is 2.00. The molecule has 0 aliphatic heterocycles. The maximum absolute atomic E-state index is 9.45. The lowest BCUT2D eigenvalue weighted by molar-refractivity contribution is 0.373. The van der Waals surface area contributed by atoms with E-state index in [9.17, 15) is 5.11 Å². The third-order valence-corrected chi connectivity index (χ3v) is 1.70. The molecule has 0 spiro atoms. The molecular weight excluding hydrogens is 194 g/mol. The van der Waals surface area contributed by atoms with E-state index in [1.807, 2.05) is 0 Å². The summed E-state index contributed by atoms with van der Waals surface area (Å²) >= 11 is 0. The van der Waals surface area contributed by atoms with Crippen LogP contribution in [0.2, 0.25) is 0 Å². The molecule has 1 rings (SSSR count). The van der Waals surface area contributed by atoms with E-state index in [4.69, 9.17) is 15.9 Å². The first-order chi connectivity index (χ1) is 7.13. The van der Waals surface area contributed by atoms with Crippen molar-refractivity contribution in [2.24, 2.45) is 10.7 Å². The van der Waals surface area contributed by atoms with E-state index >= 15 is 0 Å². The smallest absolute Gasteiger partial charge is 0.160 e. The first kappa shape index (κ1) is 11.0. The molecule has 0 radical (unpaired) electrons. The van der Waals surface area contributed by atoms with Gasteiger partial charge in [0.2, 0.25) is 0 Å². The number of nitrogens with zero attached hydrogens (tertiary/aromatic N) is 1. The van der Waals surface area contributed by atoms with Crippen LogP contribution in [0.25, 0.3) is 0 Å². The number of ether oxygens (including phenoxy) is 1. The molecule has 0 atom stereocenters. The summed E-state index contributed by atoms with van der Waals surface area (Å²) in [7, 11) is 1.48. The van der Waals surface area contributed by atoms with Gasteiger partial charge in [-0.1, -0.05) is 0 Å². The summed E-state index contributed by atoms with van der Waals surface area (Å²) in [6.07, 6.45) is 1.54. The van der Waals surface area contributed by atoms with Crippen molar-refractivity contribution in [1.29, 1.82) is 5.41 Å². The van der Waals surface area contributed by atoms with Crippen molar-refractivity contribution in [1.82, 2.24) is 0 Å². The molecule has 0 saturated heterocycles. The van der Waals surface area contributed by atoms with Crippen LogP contribution in [0.15, 0.2) is 23.2 Å². The Morgan fingerprint density at radius 3 is 2.93 bits per heavy atom. The molecule has 0 heterocycles. The molecule has 80 valence electrons. The van der Waals surface area contributed by atoms with Crippen molar-refractivity contribution in [3.8, 4) is 11.5 Å². The number of benzene rings is 1. The lowest BCUT2D eigenvalue weighted by Crippen LogP contribution is -2.12. The molecule has 1 aromatic carbocycles. The van der Waals surface area contributed by atoms with Crippen LogP contribution in [0.3, 0.4) is 0 Å². The second-order valence-electron chi connectivity index (χ2n) is 2.93. The lowest BCUT2D eigenvalue weighted by atomic mass is 10.2. The van der Waals surface area contributed by atoms with Crippen molar-refractivity contribution in [2.75, 3.05) is 13.7 Å². The van der Waals surface area contributed by atoms with Crippen LogP contribution in [0.5, 0.6) is 11.5 Å². The monoisotopic (exact) mass is 207 g/mol. The number of aromatic hydroxyl groups is 1. The number of rotatable bonds is 4. The number of phenols is 1. The Kier molecular flexibility index (Phi) is 3.68. The molecule has 5 nitrogen and oxygen atoms in total. The van der Waals surface area contributed by atoms with Crippen LogP contribution in [-0.2, 0) is 0 Å². The zero-order valence-electron chi connectivity index (χ0n) is 8.40. The fourth-order valence-corrected chi connectivity index (χ4v) is 1.04. The number of nitrogens with two attached hydrogens (primary N) is 1. The summed E-state index contributed by atoms with van der Waals surface area (Å²) < 4.78 is 4.89. The molecule has 4 N–H and O–H groups in total. The van der Waals surface area contributed by atoms with E-state index < -0.39 is 0 Å². The molecule has 0 saturated carbocycles. The van der Waals surface area contributed by atoms with Gasteiger partial charge in [-0.05, 0) is 23.8 Å². The Balaban J connectivity index is 2.75. The van der Waals surface area contributed by atoms with E-state index in [2.05, 4.69) is 4.99 Å². The van der Waals surface area contributed by atoms with E-state index in [1.54, 1.807) is 18.3 Å². The fraction of sp³-hybridized carbons (Fsp3) is 0.200. The van der Waals surface area contributed by atoms with Gasteiger partial charge in [-0.3, -0.25) is 10.4 Å². The third kappa shape index (κ3) is 3.30. The minimum atomic E-state index is 0.00369. The fourth-order valence-electron chi connectivity index (χ4n) is 1.04. The summed E-state index contributed by atoms with van der Waals surface area (Å²) in [5.74, 6) is 0.479. The number of phenolic OH excluding ortho intramolecular Hbond substituents is 1. The molecule has 0 unspecified atom stereocenters. The quantitative estimate of drug-likeness (QED) is 0.502. The van der Waals surface area contributed by atoms with Gasteiger partial charge >= 0.3 is 0 Å². The molecule has 15 heavy (non-hydrogen) atoms. The van der Waals surface area contributed by atoms with Gasteiger partial charge in [-0.15, -0.1) is 0 Å². The van der Waals surface area contributed by atoms with Gasteiger partial charge < -0.3 is 15.6 Å². The molecule has 0 aliphatic rings. The van der Waals surface area contributed by atoms with Gasteiger partial charge in [-0.25, -0.2) is 0 Å². The number of methoxy groups -OCH3 is 1. The predicted molar refractivity (Wildman–Crippen MR) is 59.0 cm³/mol. The molecule has 0 aromatic heterocycles. The summed E-state index contributed by atoms with van der Waals surface area (Å²) in [5.41, 5.74) is 5.86. The largest absolute Gasteiger partial charge is 0.504 e. The van der Waals surface area contributed by atoms with Gasteiger partial charge in [0.1, 0.15) is 5.84 Å². The van der Waals surface area contributed by atoms with Gasteiger partial charge in [0.15, 0.2) is 11.5 Å². The number of hydrogen-bond donors (Lipinski definition) is 3. The van der Waals surface area contributed by atoms with E-state index in [-0.39, 0.29) is 18.1 Å². The molecule has 5 heteroatoms. The second-order valence-corrected chi connectivity index (χ2v) is 2.93. The van der Waals surface area contributed by atoms with Crippen LogP contribution in [-0.4, -0.2) is 30.8 Å². The Morgan fingerprint density at radius 1 is 1.67 bits per heavy atom. The van der Waals surface area contributed by atoms with Crippen LogP contribution >= 0.6 is 0 Å². The highest BCUT2D eigenvalue weighted by molar-refractivity contribution is 5.85. The summed E-state index contributed by atoms with van der Waals surface area (Å²) in [6, 6.07) is 4.93. The van der Waals surface area contributed by atoms with Crippen molar-refractivity contribution in [3.63, 3.8) is 0 Å². The summed E-state index contributed by atoms with van der Waals surface area (Å²) in [4.78, 5) is 3.91. The average Bonchev–Trinajstić information content (AvgIpc) is 2.17. The summed E-state index contributed by atoms with van der Waals surface area (Å²) in [5, 5.41) is 16.4. The highest BCUT2D eigenvalue weighted by atomic mass is 16.5. The predicted octanol–water partition coefficient (Wildman–Crippen LogP) is 0.756. The Labute approximate surface area is 87.7 Å². The van der Waals surface area contributed by atoms with Crippen molar-refractivity contribution in [2.45, 2.75) is 0 Å². The highest BCUT2D eigenvalue weighted by Crippen LogP contribution is 2.25. The van der Waals surface area contributed by atoms with Gasteiger partial charge in [0.05, 0.1) is 13.7 Å². The first-order valence-corrected chi connectivity index (χ1v) is 4.33. The van der Waals surface area contributed by atoms with E-state index in [0.29, 0.717) is 5.75 Å². The van der Waals surface area contributed by atoms with Crippen LogP contribution in [0.1, 0.15) is 5.56 Å². The number of nitrogens with one attached hydrogen (secondary N) is 1. The van der Waals surface area contributed by atoms with Gasteiger partial charge in [0.25, 0.3) is 0 Å². The molecule has 0 fully saturated rings. The normalized spacial score (nSPS) is 10.5. The standard InChI is InChI=1S/C10H13N3O2/c1-15-9-3-2-7(4-8(9)14)5-13-6-10(11)12/h2-5,14H,6H2,1H3,(H3,11,12). The zero-order valence-corrected chi connectivity index (χ0v) is 8.40. The number of aliphatic imine (C=N–C) groups is 1. The zero-order chi connectivity index (χ0) is 11.3. The lowest BCUT2D eigenvalue weighted by Gasteiger charge is -2.02. The molecule has 0 bridgehead atoms. The maximum atomic E-state index is 9.45. The maximum Gasteiger partial charge on any atom is 0.160 e. The van der Waals surface area contributed by atoms with Crippen molar-refractivity contribution in [3.05, 3.63) is 23.8 Å². The number of amidine groups is 1. The van der Waals surface area contributed by atoms with Crippen LogP contribution in [0, 0.1) is 5.41 Å². The Hall–Kier alpha value is -2.04. The Bertz CT molecular complexity index is 388. The minimum absolute atomic E-state index is 0.00369. The van der Waals surface area contributed by atoms with Crippen molar-refractivity contribution < 1.29 is 9.84 Å². The Morgan fingerprint density at radius 2 is 2.40 bits per heavy atom. The molecule has 0 aliphatic carbocycles. The molecule has 1 aromatic rings. The van der Waals surface area contributed by atoms with Gasteiger partial charge in [0, 0.05) is 6.21 Å². The topological polar surface area (TPSA) is 91.7 Å². The first-order valence-electron chi connectivity index (χ1n) is 4.33. The van der Waals surface area contributed by atoms with Crippen LogP contribution < -0.4 is 10.5 Å². The van der Waals surface area contributed by atoms with E-state index in [1.165, 1.54) is 13.2 Å². The number of hydrogen-bond acceptors (Lipinski definition) is 4. The molecular formula is C10H13N3O2. The average molecular weight is 207 g/mol. The summed E-state index contributed by atoms with van der Waals surface area (Å²) in [6.45, 7) is 0.160. The third-order valence-electron chi connectivity index (χ3n) is 1.70. The van der Waals surface area contributed by atoms with E-state index in [0.717, 1.165) is 5.56 Å². The SMILES string of the molecule is COc1ccc(C=NCC(=N)N)cc1O. The second kappa shape index (κ2) is 4.99. The molecule has 0 amide bonds.